The summed E-state index contributed by atoms with van der Waals surface area (Å²) in [5.74, 6) is 0.975. The van der Waals surface area contributed by atoms with Gasteiger partial charge in [-0.2, -0.15) is 0 Å². The molecule has 19 heavy (non-hydrogen) atoms. The van der Waals surface area contributed by atoms with Crippen LogP contribution in [0.3, 0.4) is 0 Å². The summed E-state index contributed by atoms with van der Waals surface area (Å²) >= 11 is 0. The fourth-order valence-corrected chi connectivity index (χ4v) is 2.30. The topological polar surface area (TPSA) is 34.4 Å². The first-order valence-corrected chi connectivity index (χ1v) is 7.19. The highest BCUT2D eigenvalue weighted by molar-refractivity contribution is 5.82. The van der Waals surface area contributed by atoms with E-state index in [1.165, 1.54) is 23.8 Å². The molecular weight excluding hydrogens is 238 g/mol. The van der Waals surface area contributed by atoms with Gasteiger partial charge in [0.25, 0.3) is 0 Å². The molecule has 1 N–H and O–H groups in total. The summed E-state index contributed by atoms with van der Waals surface area (Å²) in [4.78, 5) is 0. The Balaban J connectivity index is 1.82. The minimum atomic E-state index is 0.574. The monoisotopic (exact) mass is 259 g/mol. The number of ether oxygens (including phenoxy) is 1. The molecule has 102 valence electrons. The van der Waals surface area contributed by atoms with Crippen molar-refractivity contribution < 1.29 is 9.15 Å². The number of furan rings is 1. The summed E-state index contributed by atoms with van der Waals surface area (Å²) in [5, 5.41) is 4.78. The molecule has 0 bridgehead atoms. The van der Waals surface area contributed by atoms with Gasteiger partial charge in [-0.25, -0.2) is 0 Å². The number of nitrogens with one attached hydrogen (secondary N) is 1. The predicted octanol–water partition coefficient (Wildman–Crippen LogP) is 3.61. The number of para-hydroxylation sites is 1. The highest BCUT2D eigenvalue weighted by atomic mass is 16.5. The smallest absolute Gasteiger partial charge is 0.135 e. The molecule has 1 fully saturated rings. The third-order valence-electron chi connectivity index (χ3n) is 3.51. The van der Waals surface area contributed by atoms with Crippen molar-refractivity contribution in [1.82, 2.24) is 5.32 Å². The van der Waals surface area contributed by atoms with E-state index in [4.69, 9.17) is 9.15 Å². The average Bonchev–Trinajstić information content (AvgIpc) is 3.19. The van der Waals surface area contributed by atoms with E-state index in [0.717, 1.165) is 30.9 Å². The molecule has 1 heterocycles. The van der Waals surface area contributed by atoms with Crippen LogP contribution >= 0.6 is 0 Å². The first-order chi connectivity index (χ1) is 9.38. The lowest BCUT2D eigenvalue weighted by Gasteiger charge is -2.05. The fourth-order valence-electron chi connectivity index (χ4n) is 2.30. The van der Waals surface area contributed by atoms with Crippen LogP contribution in [0.4, 0.5) is 0 Å². The number of rotatable bonds is 7. The molecule has 0 atom stereocenters. The van der Waals surface area contributed by atoms with Crippen molar-refractivity contribution in [3.8, 4) is 0 Å². The van der Waals surface area contributed by atoms with Crippen LogP contribution in [-0.4, -0.2) is 12.6 Å². The maximum absolute atomic E-state index is 5.93. The highest BCUT2D eigenvalue weighted by Gasteiger charge is 2.22. The summed E-state index contributed by atoms with van der Waals surface area (Å²) in [6, 6.07) is 8.94. The maximum Gasteiger partial charge on any atom is 0.135 e. The van der Waals surface area contributed by atoms with Crippen LogP contribution in [0.2, 0.25) is 0 Å². The Morgan fingerprint density at radius 2 is 2.16 bits per heavy atom. The first-order valence-electron chi connectivity index (χ1n) is 7.19. The molecule has 1 saturated carbocycles. The number of fused-ring (bicyclic) bond motifs is 1. The van der Waals surface area contributed by atoms with Crippen LogP contribution in [0, 0.1) is 0 Å². The van der Waals surface area contributed by atoms with Gasteiger partial charge < -0.3 is 14.5 Å². The van der Waals surface area contributed by atoms with Gasteiger partial charge in [0.2, 0.25) is 0 Å². The van der Waals surface area contributed by atoms with Crippen molar-refractivity contribution in [1.29, 1.82) is 0 Å². The normalized spacial score (nSPS) is 15.2. The molecule has 0 radical (unpaired) electrons. The third-order valence-corrected chi connectivity index (χ3v) is 3.51. The van der Waals surface area contributed by atoms with Gasteiger partial charge in [-0.1, -0.05) is 25.1 Å². The summed E-state index contributed by atoms with van der Waals surface area (Å²) in [6.45, 7) is 4.36. The van der Waals surface area contributed by atoms with Gasteiger partial charge >= 0.3 is 0 Å². The van der Waals surface area contributed by atoms with Crippen LogP contribution in [0.25, 0.3) is 11.0 Å². The molecule has 3 rings (SSSR count). The molecule has 3 heteroatoms. The van der Waals surface area contributed by atoms with Gasteiger partial charge in [-0.15, -0.1) is 0 Å². The van der Waals surface area contributed by atoms with Crippen molar-refractivity contribution in [2.45, 2.75) is 45.4 Å². The Bertz CT molecular complexity index is 543. The molecular formula is C16H21NO2. The fraction of sp³-hybridized carbons (Fsp3) is 0.500. The van der Waals surface area contributed by atoms with Gasteiger partial charge in [0.1, 0.15) is 18.0 Å². The van der Waals surface area contributed by atoms with Gasteiger partial charge in [-0.3, -0.25) is 0 Å². The minimum absolute atomic E-state index is 0.574. The van der Waals surface area contributed by atoms with E-state index in [2.05, 4.69) is 24.4 Å². The second-order valence-corrected chi connectivity index (χ2v) is 5.21. The Morgan fingerprint density at radius 3 is 2.95 bits per heavy atom. The van der Waals surface area contributed by atoms with E-state index < -0.39 is 0 Å². The standard InChI is InChI=1S/C16H21NO2/c1-2-9-18-11-16-14(10-17-12-7-8-12)13-5-3-4-6-15(13)19-16/h3-6,12,17H,2,7-11H2,1H3. The molecule has 1 aromatic carbocycles. The molecule has 3 nitrogen and oxygen atoms in total. The molecule has 0 amide bonds. The second-order valence-electron chi connectivity index (χ2n) is 5.21. The van der Waals surface area contributed by atoms with E-state index in [0.29, 0.717) is 12.6 Å². The number of hydrogen-bond donors (Lipinski definition) is 1. The maximum atomic E-state index is 5.93. The van der Waals surface area contributed by atoms with E-state index in [9.17, 15) is 0 Å². The Kier molecular flexibility index (Phi) is 3.85. The van der Waals surface area contributed by atoms with Crippen molar-refractivity contribution in [2.24, 2.45) is 0 Å². The molecule has 0 saturated heterocycles. The molecule has 1 aromatic heterocycles. The molecule has 0 aliphatic heterocycles. The molecule has 1 aliphatic rings. The Labute approximate surface area is 113 Å². The largest absolute Gasteiger partial charge is 0.458 e. The quantitative estimate of drug-likeness (QED) is 0.771. The zero-order valence-electron chi connectivity index (χ0n) is 11.4. The van der Waals surface area contributed by atoms with Crippen LogP contribution < -0.4 is 5.32 Å². The molecule has 1 aliphatic carbocycles. The third kappa shape index (κ3) is 2.99. The summed E-state index contributed by atoms with van der Waals surface area (Å²) in [5.41, 5.74) is 2.23. The first kappa shape index (κ1) is 12.7. The average molecular weight is 259 g/mol. The number of hydrogen-bond acceptors (Lipinski definition) is 3. The van der Waals surface area contributed by atoms with Gasteiger partial charge in [0, 0.05) is 30.1 Å². The van der Waals surface area contributed by atoms with Crippen LogP contribution in [0.5, 0.6) is 0 Å². The van der Waals surface area contributed by atoms with Crippen molar-refractivity contribution in [2.75, 3.05) is 6.61 Å². The van der Waals surface area contributed by atoms with Crippen LogP contribution in [-0.2, 0) is 17.9 Å². The summed E-state index contributed by atoms with van der Waals surface area (Å²) in [6.07, 6.45) is 3.64. The van der Waals surface area contributed by atoms with Gasteiger partial charge in [0.15, 0.2) is 0 Å². The lowest BCUT2D eigenvalue weighted by Crippen LogP contribution is -2.16. The van der Waals surface area contributed by atoms with Crippen LogP contribution in [0.15, 0.2) is 28.7 Å². The minimum Gasteiger partial charge on any atom is -0.458 e. The highest BCUT2D eigenvalue weighted by Crippen LogP contribution is 2.28. The van der Waals surface area contributed by atoms with Crippen molar-refractivity contribution in [3.05, 3.63) is 35.6 Å². The Morgan fingerprint density at radius 1 is 1.32 bits per heavy atom. The molecule has 0 unspecified atom stereocenters. The van der Waals surface area contributed by atoms with Gasteiger partial charge in [-0.05, 0) is 25.3 Å². The van der Waals surface area contributed by atoms with Gasteiger partial charge in [0.05, 0.1) is 0 Å². The lowest BCUT2D eigenvalue weighted by molar-refractivity contribution is 0.107. The van der Waals surface area contributed by atoms with E-state index >= 15 is 0 Å². The summed E-state index contributed by atoms with van der Waals surface area (Å²) in [7, 11) is 0. The lowest BCUT2D eigenvalue weighted by atomic mass is 10.1. The summed E-state index contributed by atoms with van der Waals surface area (Å²) < 4.78 is 11.6. The SMILES string of the molecule is CCCOCc1oc2ccccc2c1CNC1CC1. The predicted molar refractivity (Wildman–Crippen MR) is 76.0 cm³/mol. The molecule has 0 spiro atoms. The number of benzene rings is 1. The molecule has 2 aromatic rings. The zero-order chi connectivity index (χ0) is 13.1. The van der Waals surface area contributed by atoms with Crippen molar-refractivity contribution in [3.63, 3.8) is 0 Å². The van der Waals surface area contributed by atoms with E-state index in [1.54, 1.807) is 0 Å². The zero-order valence-corrected chi connectivity index (χ0v) is 11.4. The van der Waals surface area contributed by atoms with Crippen molar-refractivity contribution >= 4 is 11.0 Å². The second kappa shape index (κ2) is 5.76. The van der Waals surface area contributed by atoms with Crippen LogP contribution in [0.1, 0.15) is 37.5 Å². The van der Waals surface area contributed by atoms with E-state index in [-0.39, 0.29) is 0 Å². The Hall–Kier alpha value is -1.32. The van der Waals surface area contributed by atoms with E-state index in [1.807, 2.05) is 12.1 Å².